The number of anilines is 1. The molecule has 1 aromatic carbocycles. The van der Waals surface area contributed by atoms with E-state index in [-0.39, 0.29) is 17.7 Å². The van der Waals surface area contributed by atoms with Crippen molar-refractivity contribution in [3.05, 3.63) is 41.4 Å². The Kier molecular flexibility index (Phi) is 4.14. The Labute approximate surface area is 123 Å². The second-order valence-corrected chi connectivity index (χ2v) is 5.48. The zero-order valence-corrected chi connectivity index (χ0v) is 12.4. The highest BCUT2D eigenvalue weighted by Gasteiger charge is 2.33. The van der Waals surface area contributed by atoms with Crippen LogP contribution >= 0.6 is 11.6 Å². The minimum atomic E-state index is -0.159. The number of carbonyl (C=O) groups is 2. The molecule has 1 aliphatic rings. The van der Waals surface area contributed by atoms with E-state index in [4.69, 9.17) is 11.6 Å². The van der Waals surface area contributed by atoms with E-state index in [1.54, 1.807) is 30.0 Å². The first-order valence-electron chi connectivity index (χ1n) is 6.37. The Morgan fingerprint density at radius 3 is 2.80 bits per heavy atom. The van der Waals surface area contributed by atoms with Crippen molar-refractivity contribution < 1.29 is 9.59 Å². The maximum absolute atomic E-state index is 11.9. The first-order chi connectivity index (χ1) is 9.43. The monoisotopic (exact) mass is 292 g/mol. The predicted octanol–water partition coefficient (Wildman–Crippen LogP) is 2.43. The minimum Gasteiger partial charge on any atom is -0.349 e. The summed E-state index contributed by atoms with van der Waals surface area (Å²) >= 11 is 6.03. The third kappa shape index (κ3) is 2.70. The van der Waals surface area contributed by atoms with Crippen molar-refractivity contribution in [2.24, 2.45) is 0 Å². The van der Waals surface area contributed by atoms with Gasteiger partial charge in [0.05, 0.1) is 0 Å². The highest BCUT2D eigenvalue weighted by Crippen LogP contribution is 2.39. The van der Waals surface area contributed by atoms with Crippen LogP contribution in [0.25, 0.3) is 0 Å². The second kappa shape index (κ2) is 5.67. The lowest BCUT2D eigenvalue weighted by Crippen LogP contribution is -2.29. The Morgan fingerprint density at radius 1 is 1.50 bits per heavy atom. The van der Waals surface area contributed by atoms with Gasteiger partial charge in [-0.2, -0.15) is 0 Å². The van der Waals surface area contributed by atoms with E-state index in [1.165, 1.54) is 6.08 Å². The van der Waals surface area contributed by atoms with Crippen molar-refractivity contribution in [1.82, 2.24) is 4.90 Å². The highest BCUT2D eigenvalue weighted by atomic mass is 35.5. The average Bonchev–Trinajstić information content (AvgIpc) is 2.76. The van der Waals surface area contributed by atoms with Crippen molar-refractivity contribution in [2.75, 3.05) is 25.5 Å². The molecule has 0 radical (unpaired) electrons. The molecule has 2 amide bonds. The molecule has 0 spiro atoms. The number of hydrogen-bond acceptors (Lipinski definition) is 2. The van der Waals surface area contributed by atoms with Gasteiger partial charge in [-0.15, -0.1) is 0 Å². The molecule has 1 heterocycles. The molecule has 20 heavy (non-hydrogen) atoms. The summed E-state index contributed by atoms with van der Waals surface area (Å²) in [5.41, 5.74) is 1.76. The second-order valence-electron chi connectivity index (χ2n) is 5.05. The van der Waals surface area contributed by atoms with Gasteiger partial charge in [-0.1, -0.05) is 18.2 Å². The number of fused-ring (bicyclic) bond motifs is 1. The quantitative estimate of drug-likeness (QED) is 0.803. The van der Waals surface area contributed by atoms with Crippen LogP contribution in [-0.2, 0) is 9.59 Å². The zero-order valence-electron chi connectivity index (χ0n) is 11.6. The largest absolute Gasteiger partial charge is 0.349 e. The smallest absolute Gasteiger partial charge is 0.250 e. The molecule has 0 saturated carbocycles. The molecule has 0 N–H and O–H groups in total. The third-order valence-electron chi connectivity index (χ3n) is 3.48. The van der Waals surface area contributed by atoms with Gasteiger partial charge in [-0.25, -0.2) is 0 Å². The number of hydrogen-bond donors (Lipinski definition) is 0. The molecular weight excluding hydrogens is 276 g/mol. The Balaban J connectivity index is 2.34. The number of rotatable bonds is 3. The van der Waals surface area contributed by atoms with Crippen molar-refractivity contribution in [2.45, 2.75) is 12.3 Å². The summed E-state index contributed by atoms with van der Waals surface area (Å²) in [7, 11) is 3.45. The van der Waals surface area contributed by atoms with E-state index in [2.05, 4.69) is 6.58 Å². The van der Waals surface area contributed by atoms with E-state index in [1.807, 2.05) is 12.1 Å². The Morgan fingerprint density at radius 2 is 2.20 bits per heavy atom. The maximum atomic E-state index is 11.9. The first kappa shape index (κ1) is 14.6. The molecule has 1 unspecified atom stereocenters. The number of amides is 2. The van der Waals surface area contributed by atoms with Gasteiger partial charge < -0.3 is 9.80 Å². The topological polar surface area (TPSA) is 40.6 Å². The minimum absolute atomic E-state index is 0.0255. The number of carbonyl (C=O) groups excluding carboxylic acids is 2. The van der Waals surface area contributed by atoms with Crippen molar-refractivity contribution in [3.63, 3.8) is 0 Å². The molecule has 1 aromatic rings. The summed E-state index contributed by atoms with van der Waals surface area (Å²) < 4.78 is 0. The molecule has 0 bridgehead atoms. The lowest BCUT2D eigenvalue weighted by Gasteiger charge is -2.16. The average molecular weight is 293 g/mol. The van der Waals surface area contributed by atoms with E-state index < -0.39 is 0 Å². The van der Waals surface area contributed by atoms with E-state index in [0.717, 1.165) is 11.3 Å². The molecule has 106 valence electrons. The van der Waals surface area contributed by atoms with Gasteiger partial charge in [0.25, 0.3) is 0 Å². The standard InChI is InChI=1S/C15H17ClN2O2/c1-4-14(19)18-9-10(7-15(20)17(2)3)12-8-11(16)5-6-13(12)18/h4-6,8,10H,1,7,9H2,2-3H3. The summed E-state index contributed by atoms with van der Waals surface area (Å²) in [6.45, 7) is 4.00. The molecule has 4 nitrogen and oxygen atoms in total. The van der Waals surface area contributed by atoms with Gasteiger partial charge in [0.1, 0.15) is 0 Å². The van der Waals surface area contributed by atoms with Crippen molar-refractivity contribution >= 4 is 29.1 Å². The van der Waals surface area contributed by atoms with Crippen LogP contribution in [0.2, 0.25) is 5.02 Å². The zero-order chi connectivity index (χ0) is 14.9. The van der Waals surface area contributed by atoms with Gasteiger partial charge in [-0.3, -0.25) is 9.59 Å². The van der Waals surface area contributed by atoms with Crippen LogP contribution in [0.4, 0.5) is 5.69 Å². The van der Waals surface area contributed by atoms with E-state index >= 15 is 0 Å². The van der Waals surface area contributed by atoms with Crippen LogP contribution in [0, 0.1) is 0 Å². The van der Waals surface area contributed by atoms with E-state index in [9.17, 15) is 9.59 Å². The van der Waals surface area contributed by atoms with Crippen molar-refractivity contribution in [3.8, 4) is 0 Å². The molecule has 0 aliphatic carbocycles. The number of halogens is 1. The molecular formula is C15H17ClN2O2. The van der Waals surface area contributed by atoms with Gasteiger partial charge in [0, 0.05) is 43.7 Å². The van der Waals surface area contributed by atoms with E-state index in [0.29, 0.717) is 18.0 Å². The maximum Gasteiger partial charge on any atom is 0.250 e. The Hall–Kier alpha value is -1.81. The normalized spacial score (nSPS) is 16.8. The fourth-order valence-electron chi connectivity index (χ4n) is 2.40. The van der Waals surface area contributed by atoms with Gasteiger partial charge >= 0.3 is 0 Å². The van der Waals surface area contributed by atoms with Crippen LogP contribution in [0.3, 0.4) is 0 Å². The Bertz CT molecular complexity index is 569. The SMILES string of the molecule is C=CC(=O)N1CC(CC(=O)N(C)C)c2cc(Cl)ccc21. The van der Waals surface area contributed by atoms with Crippen LogP contribution in [0.1, 0.15) is 17.9 Å². The molecule has 0 saturated heterocycles. The summed E-state index contributed by atoms with van der Waals surface area (Å²) in [5, 5.41) is 0.610. The van der Waals surface area contributed by atoms with Crippen molar-refractivity contribution in [1.29, 1.82) is 0 Å². The predicted molar refractivity (Wildman–Crippen MR) is 80.1 cm³/mol. The number of nitrogens with zero attached hydrogens (tertiary/aromatic N) is 2. The molecule has 1 aliphatic heterocycles. The van der Waals surface area contributed by atoms with Gasteiger partial charge in [-0.05, 0) is 29.8 Å². The molecule has 1 atom stereocenters. The molecule has 5 heteroatoms. The molecule has 0 aromatic heterocycles. The summed E-state index contributed by atoms with van der Waals surface area (Å²) in [6, 6.07) is 5.40. The third-order valence-corrected chi connectivity index (χ3v) is 3.72. The van der Waals surface area contributed by atoms with Crippen LogP contribution < -0.4 is 4.90 Å². The number of benzene rings is 1. The first-order valence-corrected chi connectivity index (χ1v) is 6.75. The van der Waals surface area contributed by atoms with Gasteiger partial charge in [0.2, 0.25) is 11.8 Å². The summed E-state index contributed by atoms with van der Waals surface area (Å²) in [4.78, 5) is 27.0. The molecule has 2 rings (SSSR count). The van der Waals surface area contributed by atoms with Crippen LogP contribution in [0.5, 0.6) is 0 Å². The van der Waals surface area contributed by atoms with Gasteiger partial charge in [0.15, 0.2) is 0 Å². The highest BCUT2D eigenvalue weighted by molar-refractivity contribution is 6.30. The fraction of sp³-hybridized carbons (Fsp3) is 0.333. The van der Waals surface area contributed by atoms with Crippen LogP contribution in [0.15, 0.2) is 30.9 Å². The fourth-order valence-corrected chi connectivity index (χ4v) is 2.58. The lowest BCUT2D eigenvalue weighted by atomic mass is 9.97. The summed E-state index contributed by atoms with van der Waals surface area (Å²) in [5.74, 6) is -0.148. The van der Waals surface area contributed by atoms with Crippen LogP contribution in [-0.4, -0.2) is 37.4 Å². The summed E-state index contributed by atoms with van der Waals surface area (Å²) in [6.07, 6.45) is 1.65. The lowest BCUT2D eigenvalue weighted by molar-refractivity contribution is -0.129. The molecule has 0 fully saturated rings.